The van der Waals surface area contributed by atoms with Gasteiger partial charge >= 0.3 is 6.09 Å². The monoisotopic (exact) mass is 225 g/mol. The molecule has 90 valence electrons. The minimum absolute atomic E-state index is 0.107. The van der Waals surface area contributed by atoms with Crippen molar-refractivity contribution < 1.29 is 9.90 Å². The van der Waals surface area contributed by atoms with Crippen molar-refractivity contribution in [3.63, 3.8) is 0 Å². The molecule has 0 heterocycles. The number of rotatable bonds is 1. The minimum Gasteiger partial charge on any atom is -0.465 e. The summed E-state index contributed by atoms with van der Waals surface area (Å²) in [6.07, 6.45) is -1.33. The largest absolute Gasteiger partial charge is 0.465 e. The van der Waals surface area contributed by atoms with Crippen LogP contribution in [0.3, 0.4) is 0 Å². The van der Waals surface area contributed by atoms with Gasteiger partial charge in [-0.05, 0) is 45.0 Å². The molecular weight excluding hydrogens is 206 g/mol. The van der Waals surface area contributed by atoms with Gasteiger partial charge in [0.15, 0.2) is 0 Å². The highest BCUT2D eigenvalue weighted by Gasteiger charge is 2.07. The summed E-state index contributed by atoms with van der Waals surface area (Å²) in [5.74, 6) is 0. The van der Waals surface area contributed by atoms with Crippen molar-refractivity contribution in [1.82, 2.24) is 0 Å². The Morgan fingerprint density at radius 2 is 1.62 bits per heavy atom. The lowest BCUT2D eigenvalue weighted by molar-refractivity contribution is 0.205. The molecule has 0 saturated heterocycles. The molecular formula is C11H19N3O2. The van der Waals surface area contributed by atoms with Crippen LogP contribution in [-0.4, -0.2) is 16.7 Å². The molecule has 0 aliphatic carbocycles. The molecule has 0 radical (unpaired) electrons. The Morgan fingerprint density at radius 1 is 1.25 bits per heavy atom. The van der Waals surface area contributed by atoms with E-state index in [1.165, 1.54) is 0 Å². The number of primary amides is 1. The molecule has 0 aliphatic rings. The molecule has 6 N–H and O–H groups in total. The predicted molar refractivity (Wildman–Crippen MR) is 66.4 cm³/mol. The molecule has 1 amide bonds. The number of carboxylic acid groups (broad SMARTS) is 1. The Bertz CT molecular complexity index is 324. The standard InChI is InChI=1S/C10H16N2.CH3NO2/c1-10(2,3)12-9-6-4-8(11)5-7-9;2-1(3)4/h4-7,12H,11H2,1-3H3;2H2,(H,3,4). The second-order valence-corrected chi connectivity index (χ2v) is 4.34. The van der Waals surface area contributed by atoms with Crippen LogP contribution in [0.5, 0.6) is 0 Å². The van der Waals surface area contributed by atoms with Crippen molar-refractivity contribution in [3.8, 4) is 0 Å². The van der Waals surface area contributed by atoms with Gasteiger partial charge in [0.1, 0.15) is 0 Å². The number of anilines is 2. The first-order valence-corrected chi connectivity index (χ1v) is 4.83. The molecule has 0 saturated carbocycles. The Hall–Kier alpha value is -1.91. The molecule has 0 bridgehead atoms. The summed E-state index contributed by atoms with van der Waals surface area (Å²) in [5, 5.41) is 10.5. The Kier molecular flexibility index (Phi) is 5.15. The topological polar surface area (TPSA) is 101 Å². The molecule has 0 spiro atoms. The van der Waals surface area contributed by atoms with Crippen LogP contribution in [0.25, 0.3) is 0 Å². The SMILES string of the molecule is CC(C)(C)Nc1ccc(N)cc1.NC(=O)O. The molecule has 5 heteroatoms. The zero-order chi connectivity index (χ0) is 12.8. The molecule has 1 aromatic carbocycles. The number of nitrogens with two attached hydrogens (primary N) is 2. The maximum Gasteiger partial charge on any atom is 0.402 e. The average Bonchev–Trinajstić information content (AvgIpc) is 2.05. The number of hydrogen-bond donors (Lipinski definition) is 4. The van der Waals surface area contributed by atoms with Gasteiger partial charge in [0, 0.05) is 16.9 Å². The van der Waals surface area contributed by atoms with E-state index in [9.17, 15) is 0 Å². The molecule has 0 atom stereocenters. The highest BCUT2D eigenvalue weighted by Crippen LogP contribution is 2.15. The van der Waals surface area contributed by atoms with E-state index in [0.29, 0.717) is 0 Å². The summed E-state index contributed by atoms with van der Waals surface area (Å²) < 4.78 is 0. The van der Waals surface area contributed by atoms with Gasteiger partial charge in [-0.15, -0.1) is 0 Å². The molecule has 1 rings (SSSR count). The Morgan fingerprint density at radius 3 is 1.94 bits per heavy atom. The van der Waals surface area contributed by atoms with Gasteiger partial charge in [0.25, 0.3) is 0 Å². The minimum atomic E-state index is -1.33. The molecule has 0 aliphatic heterocycles. The lowest BCUT2D eigenvalue weighted by Crippen LogP contribution is -2.25. The summed E-state index contributed by atoms with van der Waals surface area (Å²) in [4.78, 5) is 8.78. The van der Waals surface area contributed by atoms with Crippen LogP contribution >= 0.6 is 0 Å². The van der Waals surface area contributed by atoms with Gasteiger partial charge in [-0.25, -0.2) is 4.79 Å². The van der Waals surface area contributed by atoms with Crippen molar-refractivity contribution >= 4 is 17.5 Å². The highest BCUT2D eigenvalue weighted by atomic mass is 16.4. The normalized spacial score (nSPS) is 9.94. The van der Waals surface area contributed by atoms with Crippen molar-refractivity contribution in [2.24, 2.45) is 5.73 Å². The van der Waals surface area contributed by atoms with Gasteiger partial charge in [0.2, 0.25) is 0 Å². The van der Waals surface area contributed by atoms with Crippen LogP contribution in [-0.2, 0) is 0 Å². The number of nitrogens with one attached hydrogen (secondary N) is 1. The predicted octanol–water partition coefficient (Wildman–Crippen LogP) is 2.10. The molecule has 0 fully saturated rings. The van der Waals surface area contributed by atoms with E-state index in [-0.39, 0.29) is 5.54 Å². The van der Waals surface area contributed by atoms with Crippen molar-refractivity contribution in [2.45, 2.75) is 26.3 Å². The fraction of sp³-hybridized carbons (Fsp3) is 0.364. The first-order valence-electron chi connectivity index (χ1n) is 4.83. The molecule has 0 unspecified atom stereocenters. The fourth-order valence-corrected chi connectivity index (χ4v) is 0.999. The lowest BCUT2D eigenvalue weighted by atomic mass is 10.1. The number of benzene rings is 1. The van der Waals surface area contributed by atoms with E-state index in [1.54, 1.807) is 0 Å². The first-order chi connectivity index (χ1) is 7.20. The molecule has 0 aromatic heterocycles. The summed E-state index contributed by atoms with van der Waals surface area (Å²) in [6.45, 7) is 6.38. The first kappa shape index (κ1) is 14.1. The van der Waals surface area contributed by atoms with Crippen LogP contribution < -0.4 is 16.8 Å². The molecule has 1 aromatic rings. The average molecular weight is 225 g/mol. The Balaban J connectivity index is 0.000000487. The van der Waals surface area contributed by atoms with Gasteiger partial charge in [-0.1, -0.05) is 0 Å². The zero-order valence-electron chi connectivity index (χ0n) is 9.82. The smallest absolute Gasteiger partial charge is 0.402 e. The van der Waals surface area contributed by atoms with Gasteiger partial charge in [-0.2, -0.15) is 0 Å². The number of hydrogen-bond acceptors (Lipinski definition) is 3. The van der Waals surface area contributed by atoms with Crippen LogP contribution in [0.2, 0.25) is 0 Å². The van der Waals surface area contributed by atoms with E-state index >= 15 is 0 Å². The molecule has 5 nitrogen and oxygen atoms in total. The van der Waals surface area contributed by atoms with Crippen LogP contribution in [0.1, 0.15) is 20.8 Å². The van der Waals surface area contributed by atoms with Crippen LogP contribution in [0, 0.1) is 0 Å². The summed E-state index contributed by atoms with van der Waals surface area (Å²) in [6, 6.07) is 7.77. The van der Waals surface area contributed by atoms with E-state index in [4.69, 9.17) is 15.6 Å². The summed E-state index contributed by atoms with van der Waals surface area (Å²) in [7, 11) is 0. The highest BCUT2D eigenvalue weighted by molar-refractivity contribution is 5.61. The van der Waals surface area contributed by atoms with Crippen molar-refractivity contribution in [1.29, 1.82) is 0 Å². The van der Waals surface area contributed by atoms with Crippen LogP contribution in [0.15, 0.2) is 24.3 Å². The molecule has 16 heavy (non-hydrogen) atoms. The maximum atomic E-state index is 8.78. The van der Waals surface area contributed by atoms with E-state index in [0.717, 1.165) is 11.4 Å². The van der Waals surface area contributed by atoms with E-state index in [1.807, 2.05) is 24.3 Å². The van der Waals surface area contributed by atoms with Gasteiger partial charge in [0.05, 0.1) is 0 Å². The van der Waals surface area contributed by atoms with E-state index in [2.05, 4.69) is 31.8 Å². The quantitative estimate of drug-likeness (QED) is 0.550. The van der Waals surface area contributed by atoms with E-state index < -0.39 is 6.09 Å². The Labute approximate surface area is 95.4 Å². The van der Waals surface area contributed by atoms with Crippen molar-refractivity contribution in [2.75, 3.05) is 11.1 Å². The second kappa shape index (κ2) is 5.85. The third kappa shape index (κ3) is 8.68. The fourth-order valence-electron chi connectivity index (χ4n) is 0.999. The zero-order valence-corrected chi connectivity index (χ0v) is 9.82. The van der Waals surface area contributed by atoms with Crippen LogP contribution in [0.4, 0.5) is 16.2 Å². The number of amides is 1. The lowest BCUT2D eigenvalue weighted by Gasteiger charge is -2.22. The third-order valence-corrected chi connectivity index (χ3v) is 1.43. The maximum absolute atomic E-state index is 8.78. The van der Waals surface area contributed by atoms with Crippen molar-refractivity contribution in [3.05, 3.63) is 24.3 Å². The van der Waals surface area contributed by atoms with Gasteiger partial charge < -0.3 is 21.9 Å². The summed E-state index contributed by atoms with van der Waals surface area (Å²) >= 11 is 0. The third-order valence-electron chi connectivity index (χ3n) is 1.43. The number of carbonyl (C=O) groups is 1. The second-order valence-electron chi connectivity index (χ2n) is 4.34. The summed E-state index contributed by atoms with van der Waals surface area (Å²) in [5.41, 5.74) is 11.6. The van der Waals surface area contributed by atoms with Gasteiger partial charge in [-0.3, -0.25) is 0 Å². The number of nitrogen functional groups attached to an aromatic ring is 1.